The molecule has 0 spiro atoms. The minimum atomic E-state index is -3.13. The first-order valence-corrected chi connectivity index (χ1v) is 13.2. The van der Waals surface area contributed by atoms with Crippen LogP contribution in [0, 0.1) is 5.82 Å². The summed E-state index contributed by atoms with van der Waals surface area (Å²) >= 11 is 6.43. The third kappa shape index (κ3) is 5.41. The Morgan fingerprint density at radius 3 is 2.51 bits per heavy atom. The van der Waals surface area contributed by atoms with Gasteiger partial charge in [-0.05, 0) is 31.6 Å². The molecular weight excluding hydrogens is 557 g/mol. The van der Waals surface area contributed by atoms with Crippen molar-refractivity contribution in [3.63, 3.8) is 0 Å². The Morgan fingerprint density at radius 1 is 1.17 bits per heavy atom. The number of alkyl halides is 2. The maximum absolute atomic E-state index is 15.7. The zero-order valence-electron chi connectivity index (χ0n) is 22.8. The number of allylic oxidation sites excluding steroid dienone is 2. The molecule has 0 aliphatic carbocycles. The fourth-order valence-corrected chi connectivity index (χ4v) is 5.06. The number of aromatic nitrogens is 3. The minimum Gasteiger partial charge on any atom is -0.490 e. The molecule has 1 aromatic carbocycles. The monoisotopic (exact) mass is 584 g/mol. The lowest BCUT2D eigenvalue weighted by Gasteiger charge is -2.31. The predicted molar refractivity (Wildman–Crippen MR) is 152 cm³/mol. The number of nitrogens with zero attached hydrogens (tertiary/aromatic N) is 5. The van der Waals surface area contributed by atoms with E-state index in [2.05, 4.69) is 9.97 Å². The van der Waals surface area contributed by atoms with E-state index in [4.69, 9.17) is 22.1 Å². The molecule has 0 bridgehead atoms. The molecule has 5 rings (SSSR count). The standard InChI is InChI=1S/C29H28ClF3N6O2/c1-16(2)41-25-20(17(3)19-13-37(4)27-26(34)36-15-39(27)14-19)11-21(30)24(31)23(25)18-5-6-22(35-12-18)28(40)38-9-7-29(32,33)8-10-38/h5-12,14-17H,13,34H2,1-4H3/t17-/m0/s1. The molecule has 0 saturated heterocycles. The van der Waals surface area contributed by atoms with E-state index in [1.54, 1.807) is 12.4 Å². The Labute approximate surface area is 240 Å². The van der Waals surface area contributed by atoms with Crippen LogP contribution in [0.15, 0.2) is 60.8 Å². The Morgan fingerprint density at radius 2 is 1.88 bits per heavy atom. The summed E-state index contributed by atoms with van der Waals surface area (Å²) in [6, 6.07) is 4.49. The van der Waals surface area contributed by atoms with E-state index in [9.17, 15) is 13.6 Å². The van der Waals surface area contributed by atoms with E-state index >= 15 is 4.39 Å². The molecular formula is C29H28ClF3N6O2. The Balaban J connectivity index is 1.54. The second-order valence-corrected chi connectivity index (χ2v) is 10.6. The van der Waals surface area contributed by atoms with Gasteiger partial charge in [-0.3, -0.25) is 19.2 Å². The molecule has 41 heavy (non-hydrogen) atoms. The molecule has 12 heteroatoms. The van der Waals surface area contributed by atoms with E-state index in [1.165, 1.54) is 18.3 Å². The van der Waals surface area contributed by atoms with Crippen molar-refractivity contribution in [2.45, 2.75) is 38.7 Å². The molecule has 2 N–H and O–H groups in total. The molecule has 2 aliphatic heterocycles. The number of benzene rings is 1. The third-order valence-corrected chi connectivity index (χ3v) is 7.15. The zero-order valence-corrected chi connectivity index (χ0v) is 23.5. The number of pyridine rings is 1. The van der Waals surface area contributed by atoms with Crippen LogP contribution in [0.4, 0.5) is 24.8 Å². The average molecular weight is 585 g/mol. The number of carbonyl (C=O) groups excluding carboxylic acids is 1. The summed E-state index contributed by atoms with van der Waals surface area (Å²) in [7, 11) is 1.91. The van der Waals surface area contributed by atoms with E-state index in [0.717, 1.165) is 28.7 Å². The van der Waals surface area contributed by atoms with Crippen LogP contribution in [0.2, 0.25) is 5.02 Å². The van der Waals surface area contributed by atoms with Gasteiger partial charge in [-0.15, -0.1) is 0 Å². The van der Waals surface area contributed by atoms with Gasteiger partial charge >= 0.3 is 0 Å². The summed E-state index contributed by atoms with van der Waals surface area (Å²) in [6.07, 6.45) is 7.81. The van der Waals surface area contributed by atoms with Crippen molar-refractivity contribution in [1.82, 2.24) is 19.4 Å². The van der Waals surface area contributed by atoms with Gasteiger partial charge in [-0.1, -0.05) is 24.6 Å². The first kappa shape index (κ1) is 28.3. The molecule has 0 fully saturated rings. The van der Waals surface area contributed by atoms with Crippen molar-refractivity contribution < 1.29 is 22.7 Å². The lowest BCUT2D eigenvalue weighted by atomic mass is 9.88. The smallest absolute Gasteiger partial charge is 0.288 e. The van der Waals surface area contributed by atoms with E-state index in [1.807, 2.05) is 43.5 Å². The van der Waals surface area contributed by atoms with Crippen LogP contribution in [-0.4, -0.2) is 51.0 Å². The van der Waals surface area contributed by atoms with E-state index in [0.29, 0.717) is 41.4 Å². The second kappa shape index (κ2) is 10.6. The molecule has 0 radical (unpaired) electrons. The fourth-order valence-electron chi connectivity index (χ4n) is 4.84. The predicted octanol–water partition coefficient (Wildman–Crippen LogP) is 6.32. The van der Waals surface area contributed by atoms with Crippen LogP contribution < -0.4 is 15.4 Å². The molecule has 0 saturated carbocycles. The number of nitrogen functional groups attached to an aromatic ring is 1. The number of halogens is 4. The number of hydrogen-bond donors (Lipinski definition) is 1. The SMILES string of the molecule is CC(C)Oc1c([C@@H](C)C2=Cn3cnc(N)c3N(C)C2)cc(Cl)c(F)c1-c1ccc(C(=O)N2C=CC(F)(F)C=C2)nc1. The van der Waals surface area contributed by atoms with Gasteiger partial charge in [0, 0.05) is 67.6 Å². The Bertz CT molecular complexity index is 1580. The van der Waals surface area contributed by atoms with Crippen LogP contribution in [0.5, 0.6) is 5.75 Å². The van der Waals surface area contributed by atoms with Crippen molar-refractivity contribution in [1.29, 1.82) is 0 Å². The van der Waals surface area contributed by atoms with Gasteiger partial charge < -0.3 is 15.4 Å². The summed E-state index contributed by atoms with van der Waals surface area (Å²) in [6.45, 7) is 6.20. The van der Waals surface area contributed by atoms with Gasteiger partial charge in [0.15, 0.2) is 17.5 Å². The topological polar surface area (TPSA) is 89.5 Å². The lowest BCUT2D eigenvalue weighted by molar-refractivity contribution is 0.0820. The second-order valence-electron chi connectivity index (χ2n) is 10.2. The number of imidazole rings is 1. The maximum Gasteiger partial charge on any atom is 0.288 e. The maximum atomic E-state index is 15.7. The number of anilines is 2. The number of ether oxygens (including phenoxy) is 1. The summed E-state index contributed by atoms with van der Waals surface area (Å²) in [4.78, 5) is 24.2. The molecule has 8 nitrogen and oxygen atoms in total. The van der Waals surface area contributed by atoms with Gasteiger partial charge in [0.05, 0.1) is 16.7 Å². The highest BCUT2D eigenvalue weighted by Crippen LogP contribution is 2.45. The number of nitrogens with two attached hydrogens (primary N) is 1. The average Bonchev–Trinajstić information content (AvgIpc) is 3.31. The third-order valence-electron chi connectivity index (χ3n) is 6.88. The first-order valence-electron chi connectivity index (χ1n) is 12.8. The molecule has 2 aliphatic rings. The van der Waals surface area contributed by atoms with Crippen molar-refractivity contribution >= 4 is 35.3 Å². The number of likely N-dealkylation sites (N-methyl/N-ethyl adjacent to an activating group) is 1. The van der Waals surface area contributed by atoms with Gasteiger partial charge in [0.1, 0.15) is 17.8 Å². The number of hydrogen-bond acceptors (Lipinski definition) is 6. The quantitative estimate of drug-likeness (QED) is 0.365. The summed E-state index contributed by atoms with van der Waals surface area (Å²) in [5.74, 6) is -3.18. The highest BCUT2D eigenvalue weighted by Gasteiger charge is 2.30. The molecule has 4 heterocycles. The summed E-state index contributed by atoms with van der Waals surface area (Å²) < 4.78 is 50.5. The molecule has 214 valence electrons. The van der Waals surface area contributed by atoms with Crippen LogP contribution >= 0.6 is 11.6 Å². The van der Waals surface area contributed by atoms with Crippen LogP contribution in [0.3, 0.4) is 0 Å². The van der Waals surface area contributed by atoms with Crippen molar-refractivity contribution in [3.05, 3.63) is 82.9 Å². The molecule has 1 amide bonds. The van der Waals surface area contributed by atoms with Crippen molar-refractivity contribution in [2.24, 2.45) is 0 Å². The van der Waals surface area contributed by atoms with Crippen molar-refractivity contribution in [2.75, 3.05) is 24.2 Å². The van der Waals surface area contributed by atoms with Gasteiger partial charge in [0.25, 0.3) is 11.8 Å². The highest BCUT2D eigenvalue weighted by molar-refractivity contribution is 6.31. The van der Waals surface area contributed by atoms with Gasteiger partial charge in [-0.25, -0.2) is 9.37 Å². The molecule has 1 atom stereocenters. The lowest BCUT2D eigenvalue weighted by Crippen LogP contribution is -2.28. The van der Waals surface area contributed by atoms with Crippen molar-refractivity contribution in [3.8, 4) is 16.9 Å². The normalized spacial score (nSPS) is 16.6. The Kier molecular flexibility index (Phi) is 7.33. The Hall–Kier alpha value is -4.25. The molecule has 3 aromatic rings. The molecule has 0 unspecified atom stereocenters. The van der Waals surface area contributed by atoms with E-state index in [-0.39, 0.29) is 28.3 Å². The number of fused-ring (bicyclic) bond motifs is 1. The van der Waals surface area contributed by atoms with Gasteiger partial charge in [-0.2, -0.15) is 8.78 Å². The summed E-state index contributed by atoms with van der Waals surface area (Å²) in [5, 5.41) is -0.0973. The largest absolute Gasteiger partial charge is 0.490 e. The summed E-state index contributed by atoms with van der Waals surface area (Å²) in [5.41, 5.74) is 8.11. The van der Waals surface area contributed by atoms with Crippen LogP contribution in [0.25, 0.3) is 17.3 Å². The van der Waals surface area contributed by atoms with Gasteiger partial charge in [0.2, 0.25) is 0 Å². The first-order chi connectivity index (χ1) is 19.4. The highest BCUT2D eigenvalue weighted by atomic mass is 35.5. The van der Waals surface area contributed by atoms with Crippen LogP contribution in [0.1, 0.15) is 42.7 Å². The molecule has 2 aromatic heterocycles. The fraction of sp³-hybridized carbons (Fsp3) is 0.276. The van der Waals surface area contributed by atoms with Crippen LogP contribution in [-0.2, 0) is 0 Å². The zero-order chi connectivity index (χ0) is 29.6. The number of amides is 1. The van der Waals surface area contributed by atoms with E-state index < -0.39 is 17.6 Å². The minimum absolute atomic E-state index is 0.0126. The number of rotatable bonds is 6. The number of carbonyl (C=O) groups is 1.